The van der Waals surface area contributed by atoms with Crippen LogP contribution in [0.25, 0.3) is 0 Å². The fourth-order valence-corrected chi connectivity index (χ4v) is 1.28. The van der Waals surface area contributed by atoms with Crippen molar-refractivity contribution in [3.8, 4) is 0 Å². The molecule has 0 aromatic heterocycles. The van der Waals surface area contributed by atoms with Gasteiger partial charge in [-0.25, -0.2) is 0 Å². The summed E-state index contributed by atoms with van der Waals surface area (Å²) >= 11 is 0. The Kier molecular flexibility index (Phi) is 13.2. The van der Waals surface area contributed by atoms with E-state index in [9.17, 15) is 0 Å². The van der Waals surface area contributed by atoms with Gasteiger partial charge in [0.05, 0.1) is 0 Å². The highest BCUT2D eigenvalue weighted by atomic mass is 31.0. The van der Waals surface area contributed by atoms with Gasteiger partial charge in [0, 0.05) is 0 Å². The summed E-state index contributed by atoms with van der Waals surface area (Å²) in [5.41, 5.74) is 0. The first kappa shape index (κ1) is 13.9. The second kappa shape index (κ2) is 10.4. The summed E-state index contributed by atoms with van der Waals surface area (Å²) < 4.78 is 0. The van der Waals surface area contributed by atoms with E-state index in [0.717, 1.165) is 0 Å². The lowest BCUT2D eigenvalue weighted by molar-refractivity contribution is 0.275. The summed E-state index contributed by atoms with van der Waals surface area (Å²) in [4.78, 5) is 2.54. The van der Waals surface area contributed by atoms with Gasteiger partial charge in [-0.2, -0.15) is 9.90 Å². The molecular weight excluding hydrogens is 153 g/mol. The summed E-state index contributed by atoms with van der Waals surface area (Å²) in [5.74, 6) is 0. The van der Waals surface area contributed by atoms with E-state index in [2.05, 4.69) is 25.7 Å². The topological polar surface area (TPSA) is 3.24 Å². The molecule has 0 aliphatic carbocycles. The molecule has 0 fully saturated rings. The Morgan fingerprint density at radius 2 is 1.00 bits per heavy atom. The Labute approximate surface area is 75.2 Å². The Balaban J connectivity index is 0. The quantitative estimate of drug-likeness (QED) is 0.564. The second-order valence-electron chi connectivity index (χ2n) is 2.84. The van der Waals surface area contributed by atoms with Crippen LogP contribution < -0.4 is 0 Å². The van der Waals surface area contributed by atoms with Crippen molar-refractivity contribution in [1.82, 2.24) is 4.90 Å². The third-order valence-electron chi connectivity index (χ3n) is 1.62. The molecule has 70 valence electrons. The summed E-state index contributed by atoms with van der Waals surface area (Å²) in [5, 5.41) is 0. The molecule has 0 radical (unpaired) electrons. The first-order valence-corrected chi connectivity index (χ1v) is 4.57. The fraction of sp³-hybridized carbons (Fsp3) is 1.00. The number of nitrogens with zero attached hydrogens (tertiary/aromatic N) is 1. The van der Waals surface area contributed by atoms with Gasteiger partial charge in [0.25, 0.3) is 0 Å². The van der Waals surface area contributed by atoms with Crippen molar-refractivity contribution in [2.45, 2.75) is 40.0 Å². The van der Waals surface area contributed by atoms with Crippen LogP contribution in [0.1, 0.15) is 40.0 Å². The van der Waals surface area contributed by atoms with Gasteiger partial charge in [0.15, 0.2) is 0 Å². The Morgan fingerprint density at radius 1 is 0.727 bits per heavy atom. The van der Waals surface area contributed by atoms with Crippen LogP contribution in [0.5, 0.6) is 0 Å². The zero-order valence-electron chi connectivity index (χ0n) is 8.40. The first-order valence-electron chi connectivity index (χ1n) is 4.57. The van der Waals surface area contributed by atoms with Crippen molar-refractivity contribution in [2.24, 2.45) is 0 Å². The van der Waals surface area contributed by atoms with Crippen LogP contribution in [0, 0.1) is 0 Å². The second-order valence-corrected chi connectivity index (χ2v) is 2.84. The Bertz CT molecular complexity index is 52.3. The van der Waals surface area contributed by atoms with E-state index in [1.807, 2.05) is 0 Å². The van der Waals surface area contributed by atoms with Crippen molar-refractivity contribution in [1.29, 1.82) is 0 Å². The summed E-state index contributed by atoms with van der Waals surface area (Å²) in [6.45, 7) is 10.6. The third-order valence-corrected chi connectivity index (χ3v) is 1.62. The minimum atomic E-state index is 0. The maximum absolute atomic E-state index is 2.54. The average Bonchev–Trinajstić information content (AvgIpc) is 1.90. The van der Waals surface area contributed by atoms with Crippen LogP contribution in [0.15, 0.2) is 0 Å². The van der Waals surface area contributed by atoms with E-state index in [1.165, 1.54) is 38.9 Å². The molecule has 2 heteroatoms. The molecule has 1 unspecified atom stereocenters. The third kappa shape index (κ3) is 8.29. The predicted octanol–water partition coefficient (Wildman–Crippen LogP) is 2.58. The molecule has 0 spiro atoms. The van der Waals surface area contributed by atoms with Gasteiger partial charge in [-0.15, -0.1) is 0 Å². The van der Waals surface area contributed by atoms with Crippen molar-refractivity contribution < 1.29 is 0 Å². The lowest BCUT2D eigenvalue weighted by atomic mass is 10.3. The predicted molar refractivity (Wildman–Crippen MR) is 58.4 cm³/mol. The first-order chi connectivity index (χ1) is 4.85. The summed E-state index contributed by atoms with van der Waals surface area (Å²) in [6.07, 6.45) is 3.88. The minimum Gasteiger partial charge on any atom is -0.303 e. The van der Waals surface area contributed by atoms with Crippen molar-refractivity contribution in [3.63, 3.8) is 0 Å². The van der Waals surface area contributed by atoms with E-state index in [0.29, 0.717) is 0 Å². The van der Waals surface area contributed by atoms with Crippen LogP contribution in [0.4, 0.5) is 0 Å². The van der Waals surface area contributed by atoms with Crippen LogP contribution in [0.3, 0.4) is 0 Å². The Hall–Kier alpha value is 0.390. The molecule has 0 amide bonds. The molecule has 0 aliphatic heterocycles. The molecule has 0 saturated heterocycles. The minimum absolute atomic E-state index is 0. The van der Waals surface area contributed by atoms with Gasteiger partial charge in [0.1, 0.15) is 0 Å². The zero-order valence-corrected chi connectivity index (χ0v) is 9.81. The van der Waals surface area contributed by atoms with Crippen molar-refractivity contribution in [2.75, 3.05) is 19.6 Å². The molecule has 0 aliphatic rings. The van der Waals surface area contributed by atoms with Crippen LogP contribution in [-0.2, 0) is 0 Å². The zero-order chi connectivity index (χ0) is 7.82. The monoisotopic (exact) mass is 177 g/mol. The smallest absolute Gasteiger partial charge is 0.00214 e. The average molecular weight is 177 g/mol. The standard InChI is InChI=1S/C9H21N.H3P/c1-4-7-10(8-5-2)9-6-3;/h4-9H2,1-3H3;1H3. The molecule has 1 atom stereocenters. The lowest BCUT2D eigenvalue weighted by Crippen LogP contribution is -2.25. The molecule has 0 N–H and O–H groups in total. The van der Waals surface area contributed by atoms with Gasteiger partial charge in [-0.1, -0.05) is 20.8 Å². The maximum Gasteiger partial charge on any atom is -0.00214 e. The summed E-state index contributed by atoms with van der Waals surface area (Å²) in [7, 11) is 0. The number of hydrogen-bond acceptors (Lipinski definition) is 1. The Morgan fingerprint density at radius 3 is 1.18 bits per heavy atom. The largest absolute Gasteiger partial charge is 0.303 e. The van der Waals surface area contributed by atoms with E-state index < -0.39 is 0 Å². The molecule has 0 rings (SSSR count). The van der Waals surface area contributed by atoms with E-state index >= 15 is 0 Å². The molecule has 0 saturated carbocycles. The molecule has 0 bridgehead atoms. The molecule has 0 aromatic carbocycles. The molecule has 1 nitrogen and oxygen atoms in total. The highest BCUT2D eigenvalue weighted by Crippen LogP contribution is 1.94. The fourth-order valence-electron chi connectivity index (χ4n) is 1.28. The van der Waals surface area contributed by atoms with E-state index in [4.69, 9.17) is 0 Å². The molecule has 0 heterocycles. The van der Waals surface area contributed by atoms with Crippen LogP contribution >= 0.6 is 9.90 Å². The van der Waals surface area contributed by atoms with Gasteiger partial charge in [-0.05, 0) is 38.9 Å². The van der Waals surface area contributed by atoms with Crippen molar-refractivity contribution >= 4 is 9.90 Å². The normalized spacial score (nSPS) is 9.82. The van der Waals surface area contributed by atoms with Crippen molar-refractivity contribution in [3.05, 3.63) is 0 Å². The van der Waals surface area contributed by atoms with E-state index in [1.54, 1.807) is 0 Å². The molecule has 11 heavy (non-hydrogen) atoms. The van der Waals surface area contributed by atoms with Gasteiger partial charge < -0.3 is 4.90 Å². The van der Waals surface area contributed by atoms with Crippen LogP contribution in [-0.4, -0.2) is 24.5 Å². The maximum atomic E-state index is 2.54. The highest BCUT2D eigenvalue weighted by Gasteiger charge is 1.98. The number of hydrogen-bond donors (Lipinski definition) is 0. The molecule has 0 aromatic rings. The molecular formula is C9H24NP. The van der Waals surface area contributed by atoms with Gasteiger partial charge in [-0.3, -0.25) is 0 Å². The summed E-state index contributed by atoms with van der Waals surface area (Å²) in [6, 6.07) is 0. The van der Waals surface area contributed by atoms with E-state index in [-0.39, 0.29) is 9.90 Å². The van der Waals surface area contributed by atoms with Gasteiger partial charge >= 0.3 is 0 Å². The van der Waals surface area contributed by atoms with Gasteiger partial charge in [0.2, 0.25) is 0 Å². The highest BCUT2D eigenvalue weighted by molar-refractivity contribution is 6.92. The lowest BCUT2D eigenvalue weighted by Gasteiger charge is -2.19. The SMILES string of the molecule is CCCN(CCC)CCC.P. The van der Waals surface area contributed by atoms with Crippen LogP contribution in [0.2, 0.25) is 0 Å². The number of rotatable bonds is 6.